The lowest BCUT2D eigenvalue weighted by Gasteiger charge is -2.20. The Kier molecular flexibility index (Phi) is 5.37. The second-order valence-corrected chi connectivity index (χ2v) is 7.13. The van der Waals surface area contributed by atoms with Crippen molar-refractivity contribution in [3.63, 3.8) is 0 Å². The summed E-state index contributed by atoms with van der Waals surface area (Å²) in [5, 5.41) is 8.32. The summed E-state index contributed by atoms with van der Waals surface area (Å²) in [5.41, 5.74) is 1.82. The van der Waals surface area contributed by atoms with E-state index in [2.05, 4.69) is 28.8 Å². The van der Waals surface area contributed by atoms with Crippen molar-refractivity contribution >= 4 is 22.9 Å². The maximum absolute atomic E-state index is 12.4. The Morgan fingerprint density at radius 3 is 2.59 bits per heavy atom. The van der Waals surface area contributed by atoms with E-state index in [-0.39, 0.29) is 18.5 Å². The molecule has 5 nitrogen and oxygen atoms in total. The molecule has 6 heteroatoms. The smallest absolute Gasteiger partial charge is 0.238 e. The van der Waals surface area contributed by atoms with Gasteiger partial charge in [-0.15, -0.1) is 11.3 Å². The van der Waals surface area contributed by atoms with Gasteiger partial charge < -0.3 is 14.8 Å². The van der Waals surface area contributed by atoms with Crippen molar-refractivity contribution in [2.75, 3.05) is 25.1 Å². The van der Waals surface area contributed by atoms with Gasteiger partial charge >= 0.3 is 0 Å². The molecule has 0 saturated carbocycles. The third-order valence-corrected chi connectivity index (χ3v) is 5.19. The molecular weight excluding hydrogens is 360 g/mol. The normalized spacial score (nSPS) is 13.8. The van der Waals surface area contributed by atoms with Crippen LogP contribution < -0.4 is 20.1 Å². The Morgan fingerprint density at radius 1 is 1.00 bits per heavy atom. The molecule has 1 atom stereocenters. The number of ether oxygens (including phenoxy) is 2. The molecular formula is C21H20N2O3S. The molecule has 2 aromatic carbocycles. The summed E-state index contributed by atoms with van der Waals surface area (Å²) >= 11 is 1.67. The van der Waals surface area contributed by atoms with Crippen molar-refractivity contribution in [3.05, 3.63) is 76.5 Å². The molecule has 138 valence electrons. The van der Waals surface area contributed by atoms with Crippen LogP contribution in [0.1, 0.15) is 16.5 Å². The first-order chi connectivity index (χ1) is 13.3. The summed E-state index contributed by atoms with van der Waals surface area (Å²) in [7, 11) is 0. The van der Waals surface area contributed by atoms with Crippen LogP contribution in [0.15, 0.2) is 66.0 Å². The number of nitrogens with one attached hydrogen (secondary N) is 2. The van der Waals surface area contributed by atoms with Gasteiger partial charge in [0.25, 0.3) is 0 Å². The molecule has 0 radical (unpaired) electrons. The highest BCUT2D eigenvalue weighted by Crippen LogP contribution is 2.32. The topological polar surface area (TPSA) is 59.6 Å². The number of rotatable bonds is 6. The van der Waals surface area contributed by atoms with Crippen LogP contribution in [0.5, 0.6) is 11.5 Å². The van der Waals surface area contributed by atoms with Crippen molar-refractivity contribution in [2.24, 2.45) is 0 Å². The molecule has 27 heavy (non-hydrogen) atoms. The molecule has 4 rings (SSSR count). The Morgan fingerprint density at radius 2 is 1.81 bits per heavy atom. The van der Waals surface area contributed by atoms with Gasteiger partial charge in [0.05, 0.1) is 12.6 Å². The van der Waals surface area contributed by atoms with Gasteiger partial charge in [0.1, 0.15) is 13.2 Å². The van der Waals surface area contributed by atoms with Crippen molar-refractivity contribution in [1.82, 2.24) is 5.32 Å². The second kappa shape index (κ2) is 8.24. The van der Waals surface area contributed by atoms with Crippen LogP contribution in [0, 0.1) is 0 Å². The first-order valence-corrected chi connectivity index (χ1v) is 9.69. The fourth-order valence-corrected chi connectivity index (χ4v) is 3.83. The molecule has 1 unspecified atom stereocenters. The van der Waals surface area contributed by atoms with Crippen LogP contribution in [0.25, 0.3) is 0 Å². The molecule has 2 heterocycles. The number of hydrogen-bond acceptors (Lipinski definition) is 5. The Balaban J connectivity index is 1.41. The number of carbonyl (C=O) groups excluding carboxylic acids is 1. The summed E-state index contributed by atoms with van der Waals surface area (Å²) in [4.78, 5) is 13.6. The monoisotopic (exact) mass is 380 g/mol. The van der Waals surface area contributed by atoms with Crippen LogP contribution in [0.4, 0.5) is 5.69 Å². The minimum Gasteiger partial charge on any atom is -0.486 e. The second-order valence-electron chi connectivity index (χ2n) is 6.15. The molecule has 0 spiro atoms. The summed E-state index contributed by atoms with van der Waals surface area (Å²) in [6.45, 7) is 1.27. The van der Waals surface area contributed by atoms with E-state index >= 15 is 0 Å². The van der Waals surface area contributed by atoms with Crippen LogP contribution in [0.2, 0.25) is 0 Å². The van der Waals surface area contributed by atoms with E-state index in [0.717, 1.165) is 5.56 Å². The van der Waals surface area contributed by atoms with Gasteiger partial charge in [0.2, 0.25) is 5.91 Å². The summed E-state index contributed by atoms with van der Waals surface area (Å²) in [5.74, 6) is 1.26. The summed E-state index contributed by atoms with van der Waals surface area (Å²) in [6.07, 6.45) is 0. The van der Waals surface area contributed by atoms with Gasteiger partial charge in [0.15, 0.2) is 11.5 Å². The number of hydrogen-bond donors (Lipinski definition) is 2. The number of fused-ring (bicyclic) bond motifs is 1. The highest BCUT2D eigenvalue weighted by Gasteiger charge is 2.17. The molecule has 0 aliphatic carbocycles. The average Bonchev–Trinajstić information content (AvgIpc) is 3.23. The molecule has 0 saturated heterocycles. The van der Waals surface area contributed by atoms with Crippen LogP contribution in [0.3, 0.4) is 0 Å². The number of carbonyl (C=O) groups is 1. The maximum atomic E-state index is 12.4. The molecule has 0 fully saturated rings. The molecule has 1 aliphatic rings. The van der Waals surface area contributed by atoms with Crippen molar-refractivity contribution < 1.29 is 14.3 Å². The van der Waals surface area contributed by atoms with E-state index in [1.807, 2.05) is 41.8 Å². The zero-order valence-electron chi connectivity index (χ0n) is 14.7. The van der Waals surface area contributed by atoms with Gasteiger partial charge in [-0.05, 0) is 29.1 Å². The van der Waals surface area contributed by atoms with E-state index in [9.17, 15) is 4.79 Å². The molecule has 1 aromatic heterocycles. The zero-order valence-corrected chi connectivity index (χ0v) is 15.5. The minimum atomic E-state index is -0.107. The third kappa shape index (κ3) is 4.30. The Bertz CT molecular complexity index is 897. The zero-order chi connectivity index (χ0) is 18.5. The largest absolute Gasteiger partial charge is 0.486 e. The van der Waals surface area contributed by atoms with E-state index < -0.39 is 0 Å². The molecule has 0 bridgehead atoms. The quantitative estimate of drug-likeness (QED) is 0.682. The summed E-state index contributed by atoms with van der Waals surface area (Å²) in [6, 6.07) is 19.6. The van der Waals surface area contributed by atoms with Crippen molar-refractivity contribution in [3.8, 4) is 11.5 Å². The Labute approximate surface area is 161 Å². The number of anilines is 1. The van der Waals surface area contributed by atoms with Crippen molar-refractivity contribution in [1.29, 1.82) is 0 Å². The number of amides is 1. The van der Waals surface area contributed by atoms with Gasteiger partial charge in [-0.2, -0.15) is 0 Å². The molecule has 2 N–H and O–H groups in total. The van der Waals surface area contributed by atoms with Gasteiger partial charge in [-0.25, -0.2) is 0 Å². The highest BCUT2D eigenvalue weighted by atomic mass is 32.1. The van der Waals surface area contributed by atoms with Crippen LogP contribution in [-0.4, -0.2) is 25.7 Å². The number of benzene rings is 2. The third-order valence-electron chi connectivity index (χ3n) is 4.25. The Hall–Kier alpha value is -2.83. The molecule has 1 amide bonds. The van der Waals surface area contributed by atoms with E-state index in [4.69, 9.17) is 9.47 Å². The predicted octanol–water partition coefficient (Wildman–Crippen LogP) is 3.84. The van der Waals surface area contributed by atoms with E-state index in [1.165, 1.54) is 4.88 Å². The fraction of sp³-hybridized carbons (Fsp3) is 0.190. The standard InChI is InChI=1S/C21H20N2O3S/c24-20(23-16-8-9-17-18(13-16)26-11-10-25-17)14-22-21(19-7-4-12-27-19)15-5-2-1-3-6-15/h1-9,12-13,21-22H,10-11,14H2,(H,23,24). The SMILES string of the molecule is O=C(CNC(c1ccccc1)c1cccs1)Nc1ccc2c(c1)OCCO2. The van der Waals surface area contributed by atoms with Crippen molar-refractivity contribution in [2.45, 2.75) is 6.04 Å². The lowest BCUT2D eigenvalue weighted by atomic mass is 10.1. The van der Waals surface area contributed by atoms with Gasteiger partial charge in [0, 0.05) is 16.6 Å². The number of thiophene rings is 1. The van der Waals surface area contributed by atoms with Gasteiger partial charge in [-0.3, -0.25) is 10.1 Å². The maximum Gasteiger partial charge on any atom is 0.238 e. The first-order valence-electron chi connectivity index (χ1n) is 8.81. The lowest BCUT2D eigenvalue weighted by molar-refractivity contribution is -0.115. The average molecular weight is 380 g/mol. The minimum absolute atomic E-state index is 0.0165. The lowest BCUT2D eigenvalue weighted by Crippen LogP contribution is -2.31. The van der Waals surface area contributed by atoms with Crippen LogP contribution >= 0.6 is 11.3 Å². The first kappa shape index (κ1) is 17.6. The fourth-order valence-electron chi connectivity index (χ4n) is 3.00. The van der Waals surface area contributed by atoms with Crippen LogP contribution in [-0.2, 0) is 4.79 Å². The summed E-state index contributed by atoms with van der Waals surface area (Å²) < 4.78 is 11.1. The van der Waals surface area contributed by atoms with E-state index in [1.54, 1.807) is 17.4 Å². The van der Waals surface area contributed by atoms with Gasteiger partial charge in [-0.1, -0.05) is 36.4 Å². The molecule has 3 aromatic rings. The molecule has 1 aliphatic heterocycles. The highest BCUT2D eigenvalue weighted by molar-refractivity contribution is 7.10. The predicted molar refractivity (Wildman–Crippen MR) is 107 cm³/mol. The van der Waals surface area contributed by atoms with E-state index in [0.29, 0.717) is 30.4 Å².